The topological polar surface area (TPSA) is 38.8 Å². The molecule has 0 aromatic heterocycles. The predicted molar refractivity (Wildman–Crippen MR) is 59.7 cm³/mol. The quantitative estimate of drug-likeness (QED) is 0.441. The second-order valence-electron chi connectivity index (χ2n) is 4.03. The van der Waals surface area contributed by atoms with E-state index in [0.717, 1.165) is 5.56 Å². The molecule has 0 radical (unpaired) electrons. The lowest BCUT2D eigenvalue weighted by Crippen LogP contribution is -2.04. The fourth-order valence-corrected chi connectivity index (χ4v) is 1.23. The third kappa shape index (κ3) is 3.21. The van der Waals surface area contributed by atoms with Crippen LogP contribution in [0.1, 0.15) is 12.5 Å². The Labute approximate surface area is 94.7 Å². The number of epoxide rings is 1. The molecular weight excluding hydrogens is 204 g/mol. The minimum absolute atomic E-state index is 0.244. The number of hydrogen-bond acceptors (Lipinski definition) is 3. The summed E-state index contributed by atoms with van der Waals surface area (Å²) in [5.74, 6) is -0.333. The van der Waals surface area contributed by atoms with Crippen LogP contribution >= 0.6 is 0 Å². The first-order chi connectivity index (χ1) is 7.68. The third-order valence-electron chi connectivity index (χ3n) is 2.40. The maximum Gasteiger partial charge on any atom is 0.330 e. The monoisotopic (exact) mass is 218 g/mol. The zero-order chi connectivity index (χ0) is 11.4. The van der Waals surface area contributed by atoms with Crippen molar-refractivity contribution in [1.82, 2.24) is 0 Å². The van der Waals surface area contributed by atoms with Crippen molar-refractivity contribution in [3.05, 3.63) is 48.0 Å². The van der Waals surface area contributed by atoms with Gasteiger partial charge in [0.25, 0.3) is 0 Å². The van der Waals surface area contributed by atoms with Gasteiger partial charge in [0.15, 0.2) is 0 Å². The maximum atomic E-state index is 11.3. The van der Waals surface area contributed by atoms with E-state index in [4.69, 9.17) is 9.47 Å². The summed E-state index contributed by atoms with van der Waals surface area (Å²) in [5, 5.41) is 0. The van der Waals surface area contributed by atoms with Gasteiger partial charge in [0.2, 0.25) is 0 Å². The van der Waals surface area contributed by atoms with Gasteiger partial charge in [0.1, 0.15) is 12.2 Å². The summed E-state index contributed by atoms with van der Waals surface area (Å²) < 4.78 is 10.2. The fourth-order valence-electron chi connectivity index (χ4n) is 1.23. The van der Waals surface area contributed by atoms with Crippen LogP contribution in [0.3, 0.4) is 0 Å². The number of esters is 1. The summed E-state index contributed by atoms with van der Waals surface area (Å²) >= 11 is 0. The number of carbonyl (C=O) groups is 1. The van der Waals surface area contributed by atoms with Crippen molar-refractivity contribution in [3.63, 3.8) is 0 Å². The summed E-state index contributed by atoms with van der Waals surface area (Å²) in [6, 6.07) is 9.59. The van der Waals surface area contributed by atoms with E-state index in [1.165, 1.54) is 6.08 Å². The van der Waals surface area contributed by atoms with Crippen molar-refractivity contribution in [3.8, 4) is 0 Å². The lowest BCUT2D eigenvalue weighted by molar-refractivity contribution is -0.139. The normalized spacial score (nSPS) is 23.3. The van der Waals surface area contributed by atoms with Crippen LogP contribution in [-0.4, -0.2) is 18.2 Å². The average Bonchev–Trinajstić information content (AvgIpc) is 3.04. The van der Waals surface area contributed by atoms with Crippen molar-refractivity contribution in [2.45, 2.75) is 19.1 Å². The minimum Gasteiger partial charge on any atom is -0.458 e. The molecule has 1 aromatic carbocycles. The molecule has 0 unspecified atom stereocenters. The molecule has 3 nitrogen and oxygen atoms in total. The zero-order valence-corrected chi connectivity index (χ0v) is 9.18. The Morgan fingerprint density at radius 2 is 2.19 bits per heavy atom. The van der Waals surface area contributed by atoms with Crippen LogP contribution in [0.4, 0.5) is 0 Å². The molecule has 84 valence electrons. The molecule has 0 spiro atoms. The molecule has 0 N–H and O–H groups in total. The molecule has 1 aromatic rings. The highest BCUT2D eigenvalue weighted by atomic mass is 16.6. The highest BCUT2D eigenvalue weighted by molar-refractivity contribution is 5.82. The van der Waals surface area contributed by atoms with Crippen molar-refractivity contribution < 1.29 is 14.3 Å². The lowest BCUT2D eigenvalue weighted by atomic mass is 10.2. The summed E-state index contributed by atoms with van der Waals surface area (Å²) in [5.41, 5.74) is 0.740. The van der Waals surface area contributed by atoms with E-state index >= 15 is 0 Å². The Hall–Kier alpha value is -1.61. The largest absolute Gasteiger partial charge is 0.458 e. The van der Waals surface area contributed by atoms with Gasteiger partial charge in [-0.25, -0.2) is 4.79 Å². The van der Waals surface area contributed by atoms with Gasteiger partial charge < -0.3 is 9.47 Å². The van der Waals surface area contributed by atoms with Crippen molar-refractivity contribution in [1.29, 1.82) is 0 Å². The Kier molecular flexibility index (Phi) is 3.06. The van der Waals surface area contributed by atoms with Gasteiger partial charge in [-0.3, -0.25) is 0 Å². The van der Waals surface area contributed by atoms with Crippen molar-refractivity contribution >= 4 is 5.97 Å². The second-order valence-corrected chi connectivity index (χ2v) is 4.03. The van der Waals surface area contributed by atoms with Crippen LogP contribution in [0.15, 0.2) is 42.5 Å². The van der Waals surface area contributed by atoms with Gasteiger partial charge in [-0.05, 0) is 18.6 Å². The molecule has 1 aliphatic rings. The molecule has 0 saturated carbocycles. The van der Waals surface area contributed by atoms with E-state index < -0.39 is 0 Å². The molecule has 1 atom stereocenters. The summed E-state index contributed by atoms with van der Waals surface area (Å²) in [7, 11) is 0. The number of rotatable bonds is 4. The van der Waals surface area contributed by atoms with Crippen molar-refractivity contribution in [2.75, 3.05) is 6.61 Å². The Morgan fingerprint density at radius 3 is 2.81 bits per heavy atom. The highest BCUT2D eigenvalue weighted by Gasteiger charge is 2.36. The molecule has 1 heterocycles. The van der Waals surface area contributed by atoms with Crippen LogP contribution in [0.2, 0.25) is 0 Å². The summed E-state index contributed by atoms with van der Waals surface area (Å²) in [6.45, 7) is 2.91. The molecule has 1 saturated heterocycles. The Balaban J connectivity index is 1.78. The molecular formula is C13H14O3. The number of benzene rings is 1. The van der Waals surface area contributed by atoms with E-state index in [9.17, 15) is 4.79 Å². The van der Waals surface area contributed by atoms with Crippen molar-refractivity contribution in [2.24, 2.45) is 0 Å². The fraction of sp³-hybridized carbons (Fsp3) is 0.308. The van der Waals surface area contributed by atoms with E-state index in [1.807, 2.05) is 37.3 Å². The summed E-state index contributed by atoms with van der Waals surface area (Å²) in [6.07, 6.45) is 3.16. The number of hydrogen-bond donors (Lipinski definition) is 0. The maximum absolute atomic E-state index is 11.3. The molecule has 1 aliphatic heterocycles. The van der Waals surface area contributed by atoms with Gasteiger partial charge in [-0.2, -0.15) is 0 Å². The Bertz CT molecular complexity index is 391. The molecule has 2 rings (SSSR count). The second kappa shape index (κ2) is 4.49. The molecule has 16 heavy (non-hydrogen) atoms. The van der Waals surface area contributed by atoms with Gasteiger partial charge in [0, 0.05) is 6.08 Å². The van der Waals surface area contributed by atoms with Crippen LogP contribution in [0, 0.1) is 0 Å². The first-order valence-corrected chi connectivity index (χ1v) is 5.22. The zero-order valence-electron chi connectivity index (χ0n) is 9.18. The summed E-state index contributed by atoms with van der Waals surface area (Å²) in [4.78, 5) is 11.3. The number of ether oxygens (including phenoxy) is 2. The van der Waals surface area contributed by atoms with Crippen LogP contribution < -0.4 is 0 Å². The number of carbonyl (C=O) groups excluding carboxylic acids is 1. The predicted octanol–water partition coefficient (Wildman–Crippen LogP) is 2.07. The van der Waals surface area contributed by atoms with Gasteiger partial charge >= 0.3 is 5.97 Å². The molecule has 0 bridgehead atoms. The lowest BCUT2D eigenvalue weighted by Gasteiger charge is -2.01. The first kappa shape index (κ1) is 10.9. The molecule has 0 amide bonds. The first-order valence-electron chi connectivity index (χ1n) is 5.22. The van der Waals surface area contributed by atoms with Crippen LogP contribution in [0.25, 0.3) is 0 Å². The van der Waals surface area contributed by atoms with Gasteiger partial charge in [0.05, 0.1) is 6.61 Å². The van der Waals surface area contributed by atoms with E-state index in [1.54, 1.807) is 6.08 Å². The van der Waals surface area contributed by atoms with E-state index in [-0.39, 0.29) is 11.6 Å². The molecule has 0 aliphatic carbocycles. The average molecular weight is 218 g/mol. The third-order valence-corrected chi connectivity index (χ3v) is 2.40. The minimum atomic E-state index is -0.333. The van der Waals surface area contributed by atoms with Crippen LogP contribution in [0.5, 0.6) is 0 Å². The molecule has 3 heteroatoms. The highest BCUT2D eigenvalue weighted by Crippen LogP contribution is 2.26. The van der Waals surface area contributed by atoms with E-state index in [0.29, 0.717) is 13.2 Å². The van der Waals surface area contributed by atoms with E-state index in [2.05, 4.69) is 0 Å². The standard InChI is InChI=1S/C13H14O3/c1-13(10-16-13)8-7-12(14)15-9-11-5-3-2-4-6-11/h2-8H,9-10H2,1H3/b8-7+/t13-/m1/s1. The smallest absolute Gasteiger partial charge is 0.330 e. The van der Waals surface area contributed by atoms with Gasteiger partial charge in [-0.1, -0.05) is 30.3 Å². The SMILES string of the molecule is C[C@@]1(/C=C/C(=O)OCc2ccccc2)CO1. The van der Waals surface area contributed by atoms with Gasteiger partial charge in [-0.15, -0.1) is 0 Å². The van der Waals surface area contributed by atoms with Crippen LogP contribution in [-0.2, 0) is 20.9 Å². The molecule has 1 fully saturated rings. The Morgan fingerprint density at radius 1 is 1.50 bits per heavy atom.